The number of hydroxylamine groups is 1. The van der Waals surface area contributed by atoms with Gasteiger partial charge in [0.25, 0.3) is 5.91 Å². The van der Waals surface area contributed by atoms with Gasteiger partial charge in [-0.25, -0.2) is 13.9 Å². The highest BCUT2D eigenvalue weighted by Gasteiger charge is 2.52. The summed E-state index contributed by atoms with van der Waals surface area (Å²) in [7, 11) is -4.05. The van der Waals surface area contributed by atoms with E-state index in [0.29, 0.717) is 31.6 Å². The van der Waals surface area contributed by atoms with E-state index in [4.69, 9.17) is 14.7 Å². The molecule has 1 aliphatic rings. The molecule has 0 saturated carbocycles. The number of Topliss-reactive ketones (excluding diaryl/α,β-unsaturated/α-hetero) is 1. The minimum atomic E-state index is -4.05. The Hall–Kier alpha value is -1.97. The van der Waals surface area contributed by atoms with Crippen LogP contribution in [-0.4, -0.2) is 49.9 Å². The summed E-state index contributed by atoms with van der Waals surface area (Å²) in [5.41, 5.74) is 1.49. The van der Waals surface area contributed by atoms with E-state index in [2.05, 4.69) is 0 Å². The summed E-state index contributed by atoms with van der Waals surface area (Å²) in [6, 6.07) is 5.80. The Bertz CT molecular complexity index is 768. The number of ketones is 1. The lowest BCUT2D eigenvalue weighted by atomic mass is 9.98. The van der Waals surface area contributed by atoms with Gasteiger partial charge in [-0.05, 0) is 49.9 Å². The van der Waals surface area contributed by atoms with Crippen LogP contribution in [0.2, 0.25) is 0 Å². The van der Waals surface area contributed by atoms with Crippen LogP contribution in [0.3, 0.4) is 0 Å². The van der Waals surface area contributed by atoms with Crippen molar-refractivity contribution < 1.29 is 32.7 Å². The largest absolute Gasteiger partial charge is 0.494 e. The van der Waals surface area contributed by atoms with Crippen LogP contribution in [0.5, 0.6) is 5.75 Å². The van der Waals surface area contributed by atoms with Crippen molar-refractivity contribution >= 4 is 21.5 Å². The first-order valence-corrected chi connectivity index (χ1v) is 10.9. The first-order chi connectivity index (χ1) is 13.4. The molecule has 1 fully saturated rings. The van der Waals surface area contributed by atoms with Crippen molar-refractivity contribution in [3.8, 4) is 5.75 Å². The Morgan fingerprint density at radius 1 is 1.18 bits per heavy atom. The molecule has 1 aromatic rings. The summed E-state index contributed by atoms with van der Waals surface area (Å²) in [5, 5.41) is 9.05. The van der Waals surface area contributed by atoms with Crippen molar-refractivity contribution in [2.45, 2.75) is 55.1 Å². The molecule has 1 heterocycles. The van der Waals surface area contributed by atoms with Gasteiger partial charge in [0.1, 0.15) is 11.5 Å². The number of hydrogen-bond acceptors (Lipinski definition) is 7. The number of carbonyl (C=O) groups is 2. The fourth-order valence-electron chi connectivity index (χ4n) is 3.22. The number of hydrogen-bond donors (Lipinski definition) is 2. The Labute approximate surface area is 165 Å². The predicted molar refractivity (Wildman–Crippen MR) is 101 cm³/mol. The van der Waals surface area contributed by atoms with Gasteiger partial charge >= 0.3 is 0 Å². The number of amides is 1. The van der Waals surface area contributed by atoms with Crippen LogP contribution in [0, 0.1) is 0 Å². The molecule has 9 heteroatoms. The Morgan fingerprint density at radius 2 is 1.82 bits per heavy atom. The molecule has 2 rings (SSSR count). The second kappa shape index (κ2) is 9.99. The van der Waals surface area contributed by atoms with Gasteiger partial charge < -0.3 is 9.47 Å². The maximum Gasteiger partial charge on any atom is 0.265 e. The van der Waals surface area contributed by atoms with Gasteiger partial charge in [-0.15, -0.1) is 0 Å². The average Bonchev–Trinajstić information content (AvgIpc) is 2.71. The lowest BCUT2D eigenvalue weighted by molar-refractivity contribution is -0.134. The van der Waals surface area contributed by atoms with Crippen molar-refractivity contribution in [2.75, 3.05) is 19.8 Å². The molecule has 0 bridgehead atoms. The second-order valence-corrected chi connectivity index (χ2v) is 9.02. The van der Waals surface area contributed by atoms with Gasteiger partial charge in [-0.2, -0.15) is 0 Å². The van der Waals surface area contributed by atoms with Crippen LogP contribution in [0.15, 0.2) is 29.2 Å². The molecule has 0 radical (unpaired) electrons. The molecule has 0 aliphatic carbocycles. The van der Waals surface area contributed by atoms with Gasteiger partial charge in [0.05, 0.1) is 11.5 Å². The van der Waals surface area contributed by atoms with Crippen molar-refractivity contribution in [1.82, 2.24) is 5.48 Å². The molecule has 1 saturated heterocycles. The van der Waals surface area contributed by atoms with E-state index in [1.807, 2.05) is 6.92 Å². The number of carbonyl (C=O) groups excluding carboxylic acids is 2. The number of ether oxygens (including phenoxy) is 2. The fourth-order valence-corrected chi connectivity index (χ4v) is 5.16. The Kier molecular flexibility index (Phi) is 7.97. The number of nitrogens with one attached hydrogen (secondary N) is 1. The van der Waals surface area contributed by atoms with Crippen LogP contribution in [0.1, 0.15) is 45.4 Å². The zero-order valence-corrected chi connectivity index (χ0v) is 16.8. The third-order valence-electron chi connectivity index (χ3n) is 4.86. The number of sulfone groups is 1. The predicted octanol–water partition coefficient (Wildman–Crippen LogP) is 2.04. The third-order valence-corrected chi connectivity index (χ3v) is 7.38. The van der Waals surface area contributed by atoms with Gasteiger partial charge in [0, 0.05) is 26.1 Å². The lowest BCUT2D eigenvalue weighted by Gasteiger charge is -2.34. The summed E-state index contributed by atoms with van der Waals surface area (Å²) < 4.78 is 35.2. The standard InChI is InChI=1S/C19H27NO7S/c1-2-4-15(21)5-3-12-27-16-6-8-17(9-7-16)28(24,25)19(18(22)20-23)10-13-26-14-11-19/h6-9,23H,2-5,10-14H2,1H3,(H,20,22). The van der Waals surface area contributed by atoms with Crippen molar-refractivity contribution in [3.05, 3.63) is 24.3 Å². The first kappa shape index (κ1) is 22.3. The summed E-state index contributed by atoms with van der Waals surface area (Å²) in [4.78, 5) is 23.7. The maximum atomic E-state index is 13.1. The SMILES string of the molecule is CCCC(=O)CCCOc1ccc(S(=O)(=O)C2(C(=O)NO)CCOCC2)cc1. The van der Waals surface area contributed by atoms with Crippen molar-refractivity contribution in [3.63, 3.8) is 0 Å². The van der Waals surface area contributed by atoms with Crippen LogP contribution in [-0.2, 0) is 24.2 Å². The molecule has 2 N–H and O–H groups in total. The molecule has 0 aromatic heterocycles. The van der Waals surface area contributed by atoms with Crippen molar-refractivity contribution in [1.29, 1.82) is 0 Å². The summed E-state index contributed by atoms with van der Waals surface area (Å²) in [6.45, 7) is 2.55. The molecule has 1 amide bonds. The van der Waals surface area contributed by atoms with Gasteiger partial charge in [-0.1, -0.05) is 6.92 Å². The van der Waals surface area contributed by atoms with Crippen molar-refractivity contribution in [2.24, 2.45) is 0 Å². The summed E-state index contributed by atoms with van der Waals surface area (Å²) in [6.07, 6.45) is 2.38. The quantitative estimate of drug-likeness (QED) is 0.342. The normalized spacial score (nSPS) is 16.4. The highest BCUT2D eigenvalue weighted by molar-refractivity contribution is 7.93. The Balaban J connectivity index is 2.06. The molecule has 156 valence electrons. The van der Waals surface area contributed by atoms with E-state index in [1.54, 1.807) is 0 Å². The van der Waals surface area contributed by atoms with E-state index in [1.165, 1.54) is 29.7 Å². The van der Waals surface area contributed by atoms with Crippen LogP contribution in [0.25, 0.3) is 0 Å². The highest BCUT2D eigenvalue weighted by atomic mass is 32.2. The Morgan fingerprint density at radius 3 is 2.39 bits per heavy atom. The van der Waals surface area contributed by atoms with E-state index >= 15 is 0 Å². The van der Waals surface area contributed by atoms with Crippen LogP contribution >= 0.6 is 0 Å². The minimum absolute atomic E-state index is 0.0246. The van der Waals surface area contributed by atoms with E-state index in [0.717, 1.165) is 6.42 Å². The molecule has 0 unspecified atom stereocenters. The molecule has 1 aliphatic heterocycles. The van der Waals surface area contributed by atoms with Crippen LogP contribution < -0.4 is 10.2 Å². The number of rotatable bonds is 10. The monoisotopic (exact) mass is 413 g/mol. The summed E-state index contributed by atoms with van der Waals surface area (Å²) in [5.74, 6) is -0.265. The molecule has 28 heavy (non-hydrogen) atoms. The molecule has 1 aromatic carbocycles. The molecule has 0 spiro atoms. The molecule has 8 nitrogen and oxygen atoms in total. The van der Waals surface area contributed by atoms with Gasteiger partial charge in [0.15, 0.2) is 14.6 Å². The summed E-state index contributed by atoms with van der Waals surface area (Å²) >= 11 is 0. The number of benzene rings is 1. The highest BCUT2D eigenvalue weighted by Crippen LogP contribution is 2.35. The maximum absolute atomic E-state index is 13.1. The van der Waals surface area contributed by atoms with E-state index < -0.39 is 20.5 Å². The zero-order valence-electron chi connectivity index (χ0n) is 16.0. The zero-order chi connectivity index (χ0) is 20.6. The average molecular weight is 413 g/mol. The van der Waals surface area contributed by atoms with Gasteiger partial charge in [-0.3, -0.25) is 14.8 Å². The fraction of sp³-hybridized carbons (Fsp3) is 0.579. The van der Waals surface area contributed by atoms with Crippen LogP contribution in [0.4, 0.5) is 0 Å². The van der Waals surface area contributed by atoms with Gasteiger partial charge in [0.2, 0.25) is 0 Å². The third kappa shape index (κ3) is 4.89. The lowest BCUT2D eigenvalue weighted by Crippen LogP contribution is -2.54. The smallest absolute Gasteiger partial charge is 0.265 e. The molecule has 0 atom stereocenters. The van der Waals surface area contributed by atoms with E-state index in [-0.39, 0.29) is 36.7 Å². The first-order valence-electron chi connectivity index (χ1n) is 9.39. The minimum Gasteiger partial charge on any atom is -0.494 e. The topological polar surface area (TPSA) is 119 Å². The van der Waals surface area contributed by atoms with E-state index in [9.17, 15) is 18.0 Å². The second-order valence-electron chi connectivity index (χ2n) is 6.76. The molecular weight excluding hydrogens is 386 g/mol. The molecular formula is C19H27NO7S.